The molecule has 0 aromatic carbocycles. The summed E-state index contributed by atoms with van der Waals surface area (Å²) < 4.78 is 4.70. The molecule has 0 fully saturated rings. The Morgan fingerprint density at radius 3 is 2.79 bits per heavy atom. The van der Waals surface area contributed by atoms with Gasteiger partial charge in [0.25, 0.3) is 5.91 Å². The van der Waals surface area contributed by atoms with E-state index in [0.29, 0.717) is 12.0 Å². The van der Waals surface area contributed by atoms with Crippen molar-refractivity contribution in [2.75, 3.05) is 0 Å². The van der Waals surface area contributed by atoms with E-state index in [0.717, 1.165) is 0 Å². The number of nitrogens with one attached hydrogen (secondary N) is 1. The second-order valence-corrected chi connectivity index (χ2v) is 2.78. The molecule has 0 aliphatic heterocycles. The molecular weight excluding hydrogens is 186 g/mol. The quantitative estimate of drug-likeness (QED) is 0.750. The number of hydrogen-bond acceptors (Lipinski definition) is 3. The van der Waals surface area contributed by atoms with Crippen molar-refractivity contribution in [3.05, 3.63) is 24.2 Å². The van der Waals surface area contributed by atoms with Gasteiger partial charge < -0.3 is 14.8 Å². The number of carbonyl (C=O) groups is 2. The first kappa shape index (κ1) is 10.3. The molecule has 0 unspecified atom stereocenters. The average Bonchev–Trinajstić information content (AvgIpc) is 2.65. The standard InChI is InChI=1S/C9H11NO4/c1-2-7(9(12)13)10-8(11)6-3-4-14-5-6/h3-5,7H,2H2,1H3,(H,10,11)(H,12,13)/t7-/m0/s1. The maximum atomic E-state index is 11.3. The van der Waals surface area contributed by atoms with E-state index in [1.54, 1.807) is 6.92 Å². The maximum absolute atomic E-state index is 11.3. The first-order chi connectivity index (χ1) is 6.65. The largest absolute Gasteiger partial charge is 0.480 e. The van der Waals surface area contributed by atoms with Crippen molar-refractivity contribution in [1.82, 2.24) is 5.32 Å². The SMILES string of the molecule is CC[C@H](NC(=O)c1ccoc1)C(=O)O. The molecule has 0 radical (unpaired) electrons. The molecule has 0 aliphatic rings. The van der Waals surface area contributed by atoms with Gasteiger partial charge >= 0.3 is 5.97 Å². The normalized spacial score (nSPS) is 12.1. The molecule has 5 heteroatoms. The molecular formula is C9H11NO4. The Morgan fingerprint density at radius 1 is 1.64 bits per heavy atom. The van der Waals surface area contributed by atoms with Crippen LogP contribution in [0.5, 0.6) is 0 Å². The molecule has 1 rings (SSSR count). The summed E-state index contributed by atoms with van der Waals surface area (Å²) in [6.07, 6.45) is 2.97. The van der Waals surface area contributed by atoms with Crippen molar-refractivity contribution in [3.63, 3.8) is 0 Å². The van der Waals surface area contributed by atoms with E-state index >= 15 is 0 Å². The van der Waals surface area contributed by atoms with Crippen molar-refractivity contribution < 1.29 is 19.1 Å². The molecule has 0 spiro atoms. The van der Waals surface area contributed by atoms with E-state index in [1.807, 2.05) is 0 Å². The second-order valence-electron chi connectivity index (χ2n) is 2.78. The molecule has 0 bridgehead atoms. The third kappa shape index (κ3) is 2.35. The molecule has 76 valence electrons. The van der Waals surface area contributed by atoms with Gasteiger partial charge in [-0.25, -0.2) is 4.79 Å². The number of aliphatic carboxylic acids is 1. The van der Waals surface area contributed by atoms with E-state index < -0.39 is 17.9 Å². The van der Waals surface area contributed by atoms with Gasteiger partial charge in [0.2, 0.25) is 0 Å². The van der Waals surface area contributed by atoms with E-state index in [1.165, 1.54) is 18.6 Å². The van der Waals surface area contributed by atoms with Gasteiger partial charge in [0, 0.05) is 0 Å². The summed E-state index contributed by atoms with van der Waals surface area (Å²) in [5.74, 6) is -1.47. The molecule has 5 nitrogen and oxygen atoms in total. The Hall–Kier alpha value is -1.78. The fourth-order valence-corrected chi connectivity index (χ4v) is 0.974. The van der Waals surface area contributed by atoms with Crippen molar-refractivity contribution in [1.29, 1.82) is 0 Å². The number of rotatable bonds is 4. The van der Waals surface area contributed by atoms with Crippen LogP contribution in [-0.2, 0) is 4.79 Å². The van der Waals surface area contributed by atoms with Gasteiger partial charge in [0.1, 0.15) is 12.3 Å². The van der Waals surface area contributed by atoms with E-state index in [2.05, 4.69) is 5.32 Å². The Bertz CT molecular complexity index is 318. The zero-order valence-corrected chi connectivity index (χ0v) is 7.69. The number of amides is 1. The fraction of sp³-hybridized carbons (Fsp3) is 0.333. The summed E-state index contributed by atoms with van der Waals surface area (Å²) in [7, 11) is 0. The summed E-state index contributed by atoms with van der Waals surface area (Å²) in [5, 5.41) is 11.1. The zero-order valence-electron chi connectivity index (χ0n) is 7.69. The maximum Gasteiger partial charge on any atom is 0.326 e. The third-order valence-electron chi connectivity index (χ3n) is 1.80. The lowest BCUT2D eigenvalue weighted by Gasteiger charge is -2.10. The van der Waals surface area contributed by atoms with Crippen molar-refractivity contribution in [2.45, 2.75) is 19.4 Å². The number of carboxylic acids is 1. The molecule has 2 N–H and O–H groups in total. The van der Waals surface area contributed by atoms with E-state index in [4.69, 9.17) is 9.52 Å². The van der Waals surface area contributed by atoms with Crippen molar-refractivity contribution in [3.8, 4) is 0 Å². The topological polar surface area (TPSA) is 79.5 Å². The smallest absolute Gasteiger partial charge is 0.326 e. The molecule has 0 saturated heterocycles. The van der Waals surface area contributed by atoms with Crippen LogP contribution in [0.25, 0.3) is 0 Å². The van der Waals surface area contributed by atoms with Crippen LogP contribution in [0.1, 0.15) is 23.7 Å². The highest BCUT2D eigenvalue weighted by molar-refractivity contribution is 5.96. The van der Waals surface area contributed by atoms with E-state index in [-0.39, 0.29) is 0 Å². The third-order valence-corrected chi connectivity index (χ3v) is 1.80. The van der Waals surface area contributed by atoms with Crippen LogP contribution >= 0.6 is 0 Å². The summed E-state index contributed by atoms with van der Waals surface area (Å²) in [6.45, 7) is 1.69. The molecule has 1 atom stereocenters. The van der Waals surface area contributed by atoms with Crippen LogP contribution < -0.4 is 5.32 Å². The Labute approximate surface area is 80.7 Å². The molecule has 1 heterocycles. The van der Waals surface area contributed by atoms with Crippen LogP contribution in [0, 0.1) is 0 Å². The first-order valence-corrected chi connectivity index (χ1v) is 4.21. The molecule has 1 aromatic rings. The van der Waals surface area contributed by atoms with Gasteiger partial charge in [-0.2, -0.15) is 0 Å². The lowest BCUT2D eigenvalue weighted by molar-refractivity contribution is -0.139. The Kier molecular flexibility index (Phi) is 3.28. The predicted molar refractivity (Wildman–Crippen MR) is 47.9 cm³/mol. The number of carbonyl (C=O) groups excluding carboxylic acids is 1. The minimum atomic E-state index is -1.04. The van der Waals surface area contributed by atoms with Gasteiger partial charge in [-0.15, -0.1) is 0 Å². The monoisotopic (exact) mass is 197 g/mol. The highest BCUT2D eigenvalue weighted by atomic mass is 16.4. The summed E-state index contributed by atoms with van der Waals surface area (Å²) >= 11 is 0. The minimum absolute atomic E-state index is 0.324. The number of furan rings is 1. The van der Waals surface area contributed by atoms with Gasteiger partial charge in [0.05, 0.1) is 11.8 Å². The average molecular weight is 197 g/mol. The van der Waals surface area contributed by atoms with Crippen LogP contribution in [0.4, 0.5) is 0 Å². The fourth-order valence-electron chi connectivity index (χ4n) is 0.974. The van der Waals surface area contributed by atoms with Gasteiger partial charge in [0.15, 0.2) is 0 Å². The second kappa shape index (κ2) is 4.45. The Morgan fingerprint density at radius 2 is 2.36 bits per heavy atom. The number of carboxylic acid groups (broad SMARTS) is 1. The lowest BCUT2D eigenvalue weighted by atomic mass is 10.2. The van der Waals surface area contributed by atoms with Crippen LogP contribution in [-0.4, -0.2) is 23.0 Å². The zero-order chi connectivity index (χ0) is 10.6. The highest BCUT2D eigenvalue weighted by Crippen LogP contribution is 2.01. The van der Waals surface area contributed by atoms with Gasteiger partial charge in [-0.1, -0.05) is 6.92 Å². The van der Waals surface area contributed by atoms with Gasteiger partial charge in [-0.05, 0) is 12.5 Å². The lowest BCUT2D eigenvalue weighted by Crippen LogP contribution is -2.40. The van der Waals surface area contributed by atoms with Crippen LogP contribution in [0.2, 0.25) is 0 Å². The van der Waals surface area contributed by atoms with E-state index in [9.17, 15) is 9.59 Å². The molecule has 0 saturated carbocycles. The first-order valence-electron chi connectivity index (χ1n) is 4.21. The summed E-state index contributed by atoms with van der Waals surface area (Å²) in [4.78, 5) is 21.9. The van der Waals surface area contributed by atoms with Crippen molar-refractivity contribution in [2.24, 2.45) is 0 Å². The Balaban J connectivity index is 2.60. The minimum Gasteiger partial charge on any atom is -0.480 e. The summed E-state index contributed by atoms with van der Waals surface area (Å²) in [5.41, 5.74) is 0.324. The van der Waals surface area contributed by atoms with Crippen LogP contribution in [0.3, 0.4) is 0 Å². The molecule has 0 aliphatic carbocycles. The highest BCUT2D eigenvalue weighted by Gasteiger charge is 2.18. The van der Waals surface area contributed by atoms with Crippen LogP contribution in [0.15, 0.2) is 23.0 Å². The summed E-state index contributed by atoms with van der Waals surface area (Å²) in [6, 6.07) is 0.626. The number of hydrogen-bond donors (Lipinski definition) is 2. The molecule has 1 aromatic heterocycles. The molecule has 1 amide bonds. The van der Waals surface area contributed by atoms with Gasteiger partial charge in [-0.3, -0.25) is 4.79 Å². The van der Waals surface area contributed by atoms with Crippen molar-refractivity contribution >= 4 is 11.9 Å². The predicted octanol–water partition coefficient (Wildman–Crippen LogP) is 0.873. The molecule has 14 heavy (non-hydrogen) atoms.